The van der Waals surface area contributed by atoms with Gasteiger partial charge in [-0.1, -0.05) is 25.8 Å². The van der Waals surface area contributed by atoms with Gasteiger partial charge in [0, 0.05) is 11.7 Å². The number of hydrogen-bond donors (Lipinski definition) is 1. The quantitative estimate of drug-likeness (QED) is 0.746. The third-order valence-electron chi connectivity index (χ3n) is 3.40. The van der Waals surface area contributed by atoms with E-state index >= 15 is 0 Å². The Morgan fingerprint density at radius 3 is 2.76 bits per heavy atom. The number of amides is 1. The van der Waals surface area contributed by atoms with E-state index in [1.165, 1.54) is 12.8 Å². The van der Waals surface area contributed by atoms with E-state index in [9.17, 15) is 4.79 Å². The first-order valence-corrected chi connectivity index (χ1v) is 7.61. The van der Waals surface area contributed by atoms with E-state index in [1.54, 1.807) is 24.3 Å². The van der Waals surface area contributed by atoms with Crippen LogP contribution in [0.1, 0.15) is 45.6 Å². The molecule has 0 aromatic heterocycles. The van der Waals surface area contributed by atoms with Crippen molar-refractivity contribution in [2.45, 2.75) is 46.1 Å². The van der Waals surface area contributed by atoms with Crippen molar-refractivity contribution in [2.75, 3.05) is 18.4 Å². The minimum atomic E-state index is -0.0321. The van der Waals surface area contributed by atoms with Gasteiger partial charge < -0.3 is 5.32 Å². The molecule has 1 amide bonds. The monoisotopic (exact) mass is 287 g/mol. The van der Waals surface area contributed by atoms with E-state index in [4.69, 9.17) is 5.26 Å². The predicted octanol–water partition coefficient (Wildman–Crippen LogP) is 3.40. The largest absolute Gasteiger partial charge is 0.325 e. The van der Waals surface area contributed by atoms with E-state index in [0.717, 1.165) is 13.0 Å². The smallest absolute Gasteiger partial charge is 0.238 e. The van der Waals surface area contributed by atoms with Gasteiger partial charge in [0.15, 0.2) is 0 Å². The number of carbonyl (C=O) groups is 1. The minimum absolute atomic E-state index is 0.0321. The van der Waals surface area contributed by atoms with E-state index in [1.807, 2.05) is 0 Å². The second-order valence-electron chi connectivity index (χ2n) is 5.51. The van der Waals surface area contributed by atoms with Crippen LogP contribution in [0.4, 0.5) is 5.69 Å². The first kappa shape index (κ1) is 17.2. The minimum Gasteiger partial charge on any atom is -0.325 e. The summed E-state index contributed by atoms with van der Waals surface area (Å²) in [6, 6.07) is 9.40. The summed E-state index contributed by atoms with van der Waals surface area (Å²) in [4.78, 5) is 14.3. The number of rotatable bonds is 8. The van der Waals surface area contributed by atoms with Crippen LogP contribution in [0.2, 0.25) is 0 Å². The molecule has 4 heteroatoms. The summed E-state index contributed by atoms with van der Waals surface area (Å²) < 4.78 is 0. The molecule has 0 aliphatic heterocycles. The molecule has 1 aromatic carbocycles. The lowest BCUT2D eigenvalue weighted by atomic mass is 10.2. The molecular weight excluding hydrogens is 262 g/mol. The molecule has 1 rings (SSSR count). The number of benzene rings is 1. The molecule has 114 valence electrons. The van der Waals surface area contributed by atoms with Crippen molar-refractivity contribution in [3.8, 4) is 6.07 Å². The predicted molar refractivity (Wildman–Crippen MR) is 86.0 cm³/mol. The fourth-order valence-corrected chi connectivity index (χ4v) is 2.14. The van der Waals surface area contributed by atoms with Gasteiger partial charge in [-0.15, -0.1) is 0 Å². The summed E-state index contributed by atoms with van der Waals surface area (Å²) in [6.07, 6.45) is 3.49. The Bertz CT molecular complexity index is 491. The van der Waals surface area contributed by atoms with Gasteiger partial charge in [-0.3, -0.25) is 9.69 Å². The fraction of sp³-hybridized carbons (Fsp3) is 0.529. The van der Waals surface area contributed by atoms with Gasteiger partial charge in [0.2, 0.25) is 5.91 Å². The van der Waals surface area contributed by atoms with Gasteiger partial charge >= 0.3 is 0 Å². The zero-order chi connectivity index (χ0) is 15.7. The van der Waals surface area contributed by atoms with E-state index in [2.05, 4.69) is 37.1 Å². The highest BCUT2D eigenvalue weighted by Gasteiger charge is 2.13. The molecule has 0 spiro atoms. The summed E-state index contributed by atoms with van der Waals surface area (Å²) >= 11 is 0. The Balaban J connectivity index is 2.55. The van der Waals surface area contributed by atoms with E-state index in [-0.39, 0.29) is 5.91 Å². The average molecular weight is 287 g/mol. The molecule has 1 N–H and O–H groups in total. The number of anilines is 1. The second-order valence-corrected chi connectivity index (χ2v) is 5.51. The number of carbonyl (C=O) groups excluding carboxylic acids is 1. The molecule has 4 nitrogen and oxygen atoms in total. The van der Waals surface area contributed by atoms with Gasteiger partial charge in [0.1, 0.15) is 0 Å². The van der Waals surface area contributed by atoms with Crippen LogP contribution >= 0.6 is 0 Å². The number of nitrogens with one attached hydrogen (secondary N) is 1. The summed E-state index contributed by atoms with van der Waals surface area (Å²) in [5.74, 6) is -0.0321. The molecule has 0 bridgehead atoms. The third-order valence-corrected chi connectivity index (χ3v) is 3.40. The lowest BCUT2D eigenvalue weighted by molar-refractivity contribution is -0.117. The van der Waals surface area contributed by atoms with E-state index in [0.29, 0.717) is 23.8 Å². The van der Waals surface area contributed by atoms with Crippen LogP contribution in [0.15, 0.2) is 24.3 Å². The molecule has 0 heterocycles. The van der Waals surface area contributed by atoms with Gasteiger partial charge in [-0.2, -0.15) is 5.26 Å². The molecular formula is C17H25N3O. The van der Waals surface area contributed by atoms with Crippen LogP contribution in [0, 0.1) is 11.3 Å². The standard InChI is InChI=1S/C17H25N3O/c1-4-5-6-10-20(14(2)3)13-17(21)19-16-9-7-8-15(11-16)12-18/h7-9,11,14H,4-6,10,13H2,1-3H3,(H,19,21). The fourth-order valence-electron chi connectivity index (χ4n) is 2.14. The van der Waals surface area contributed by atoms with Gasteiger partial charge in [-0.05, 0) is 45.0 Å². The van der Waals surface area contributed by atoms with Crippen LogP contribution in [0.25, 0.3) is 0 Å². The molecule has 1 aromatic rings. The highest BCUT2D eigenvalue weighted by atomic mass is 16.2. The lowest BCUT2D eigenvalue weighted by Gasteiger charge is -2.25. The zero-order valence-corrected chi connectivity index (χ0v) is 13.2. The Hall–Kier alpha value is -1.86. The summed E-state index contributed by atoms with van der Waals surface area (Å²) in [5, 5.41) is 11.7. The molecule has 0 fully saturated rings. The first-order chi connectivity index (χ1) is 10.1. The molecule has 0 saturated carbocycles. The molecule has 0 aliphatic carbocycles. The molecule has 0 atom stereocenters. The lowest BCUT2D eigenvalue weighted by Crippen LogP contribution is -2.38. The zero-order valence-electron chi connectivity index (χ0n) is 13.2. The van der Waals surface area contributed by atoms with Crippen LogP contribution in [-0.2, 0) is 4.79 Å². The first-order valence-electron chi connectivity index (χ1n) is 7.61. The Kier molecular flexibility index (Phi) is 7.49. The number of hydrogen-bond acceptors (Lipinski definition) is 3. The molecule has 0 radical (unpaired) electrons. The van der Waals surface area contributed by atoms with Gasteiger partial charge in [0.25, 0.3) is 0 Å². The molecule has 21 heavy (non-hydrogen) atoms. The number of nitrogens with zero attached hydrogens (tertiary/aromatic N) is 2. The van der Waals surface area contributed by atoms with Crippen molar-refractivity contribution in [3.63, 3.8) is 0 Å². The summed E-state index contributed by atoms with van der Waals surface area (Å²) in [5.41, 5.74) is 1.23. The molecule has 0 unspecified atom stereocenters. The molecule has 0 saturated heterocycles. The Morgan fingerprint density at radius 2 is 2.14 bits per heavy atom. The average Bonchev–Trinajstić information content (AvgIpc) is 2.46. The second kappa shape index (κ2) is 9.15. The highest BCUT2D eigenvalue weighted by Crippen LogP contribution is 2.10. The van der Waals surface area contributed by atoms with Gasteiger partial charge in [-0.25, -0.2) is 0 Å². The van der Waals surface area contributed by atoms with Crippen molar-refractivity contribution < 1.29 is 4.79 Å². The number of unbranched alkanes of at least 4 members (excludes halogenated alkanes) is 2. The Labute approximate surface area is 127 Å². The van der Waals surface area contributed by atoms with Crippen LogP contribution in [0.3, 0.4) is 0 Å². The normalized spacial score (nSPS) is 10.7. The van der Waals surface area contributed by atoms with Crippen LogP contribution in [-0.4, -0.2) is 29.9 Å². The van der Waals surface area contributed by atoms with Crippen LogP contribution in [0.5, 0.6) is 0 Å². The maximum Gasteiger partial charge on any atom is 0.238 e. The van der Waals surface area contributed by atoms with E-state index < -0.39 is 0 Å². The van der Waals surface area contributed by atoms with Gasteiger partial charge in [0.05, 0.1) is 18.2 Å². The Morgan fingerprint density at radius 1 is 1.38 bits per heavy atom. The third kappa shape index (κ3) is 6.42. The van der Waals surface area contributed by atoms with Crippen molar-refractivity contribution in [3.05, 3.63) is 29.8 Å². The highest BCUT2D eigenvalue weighted by molar-refractivity contribution is 5.92. The van der Waals surface area contributed by atoms with Crippen molar-refractivity contribution in [1.29, 1.82) is 5.26 Å². The van der Waals surface area contributed by atoms with Crippen molar-refractivity contribution in [1.82, 2.24) is 4.90 Å². The molecule has 0 aliphatic rings. The van der Waals surface area contributed by atoms with Crippen LogP contribution < -0.4 is 5.32 Å². The topological polar surface area (TPSA) is 56.1 Å². The number of nitriles is 1. The maximum absolute atomic E-state index is 12.1. The SMILES string of the molecule is CCCCCN(CC(=O)Nc1cccc(C#N)c1)C(C)C. The van der Waals surface area contributed by atoms with Crippen molar-refractivity contribution in [2.24, 2.45) is 0 Å². The van der Waals surface area contributed by atoms with Crippen molar-refractivity contribution >= 4 is 11.6 Å². The summed E-state index contributed by atoms with van der Waals surface area (Å²) in [6.45, 7) is 7.72. The maximum atomic E-state index is 12.1. The summed E-state index contributed by atoms with van der Waals surface area (Å²) in [7, 11) is 0.